The van der Waals surface area contributed by atoms with Crippen LogP contribution in [-0.2, 0) is 0 Å². The van der Waals surface area contributed by atoms with Gasteiger partial charge in [0.1, 0.15) is 11.5 Å². The van der Waals surface area contributed by atoms with Gasteiger partial charge in [-0.05, 0) is 29.7 Å². The van der Waals surface area contributed by atoms with E-state index in [0.717, 1.165) is 11.3 Å². The van der Waals surface area contributed by atoms with Crippen LogP contribution < -0.4 is 5.73 Å². The van der Waals surface area contributed by atoms with Gasteiger partial charge in [-0.25, -0.2) is 4.68 Å². The van der Waals surface area contributed by atoms with Crippen molar-refractivity contribution in [2.24, 2.45) is 10.7 Å². The first-order valence-electron chi connectivity index (χ1n) is 5.97. The third-order valence-electron chi connectivity index (χ3n) is 2.86. The number of hydrogen-bond donors (Lipinski definition) is 1. The van der Waals surface area contributed by atoms with Gasteiger partial charge in [0.25, 0.3) is 0 Å². The average molecular weight is 278 g/mol. The number of amidine groups is 1. The Hall–Kier alpha value is -1.88. The summed E-state index contributed by atoms with van der Waals surface area (Å²) in [4.78, 5) is 3.89. The summed E-state index contributed by atoms with van der Waals surface area (Å²) in [6.07, 6.45) is 1.76. The SMILES string of the molecule is C/N=C(\N)c1cn(-c2ccc(Cl)cc2C(C)C)nn1. The fourth-order valence-electron chi connectivity index (χ4n) is 1.81. The Morgan fingerprint density at radius 2 is 2.16 bits per heavy atom. The van der Waals surface area contributed by atoms with Gasteiger partial charge in [0.2, 0.25) is 0 Å². The molecule has 0 bridgehead atoms. The number of benzene rings is 1. The van der Waals surface area contributed by atoms with Crippen LogP contribution in [0.1, 0.15) is 31.0 Å². The van der Waals surface area contributed by atoms with Crippen LogP contribution in [0.3, 0.4) is 0 Å². The van der Waals surface area contributed by atoms with Crippen LogP contribution >= 0.6 is 11.6 Å². The minimum atomic E-state index is 0.332. The molecule has 0 radical (unpaired) electrons. The summed E-state index contributed by atoms with van der Waals surface area (Å²) in [5.41, 5.74) is 8.34. The fraction of sp³-hybridized carbons (Fsp3) is 0.308. The third kappa shape index (κ3) is 2.76. The minimum Gasteiger partial charge on any atom is -0.382 e. The van der Waals surface area contributed by atoms with Gasteiger partial charge in [0, 0.05) is 12.1 Å². The number of hydrogen-bond acceptors (Lipinski definition) is 3. The lowest BCUT2D eigenvalue weighted by molar-refractivity contribution is 0.770. The van der Waals surface area contributed by atoms with Crippen molar-refractivity contribution in [3.8, 4) is 5.69 Å². The van der Waals surface area contributed by atoms with Crippen LogP contribution in [0.2, 0.25) is 5.02 Å². The van der Waals surface area contributed by atoms with Crippen molar-refractivity contribution in [2.45, 2.75) is 19.8 Å². The summed E-state index contributed by atoms with van der Waals surface area (Å²) >= 11 is 6.04. The lowest BCUT2D eigenvalue weighted by Gasteiger charge is -2.12. The van der Waals surface area contributed by atoms with Crippen molar-refractivity contribution in [1.29, 1.82) is 0 Å². The van der Waals surface area contributed by atoms with E-state index in [1.54, 1.807) is 17.9 Å². The first kappa shape index (κ1) is 13.5. The molecule has 2 rings (SSSR count). The normalized spacial score (nSPS) is 12.2. The van der Waals surface area contributed by atoms with Crippen LogP contribution in [0.15, 0.2) is 29.4 Å². The molecule has 0 aliphatic rings. The molecule has 100 valence electrons. The molecule has 2 N–H and O–H groups in total. The maximum Gasteiger partial charge on any atom is 0.147 e. The van der Waals surface area contributed by atoms with E-state index >= 15 is 0 Å². The Balaban J connectivity index is 2.50. The highest BCUT2D eigenvalue weighted by atomic mass is 35.5. The Bertz CT molecular complexity index is 615. The van der Waals surface area contributed by atoms with E-state index in [1.165, 1.54) is 0 Å². The van der Waals surface area contributed by atoms with Crippen molar-refractivity contribution >= 4 is 17.4 Å². The van der Waals surface area contributed by atoms with E-state index < -0.39 is 0 Å². The predicted molar refractivity (Wildman–Crippen MR) is 77.1 cm³/mol. The Kier molecular flexibility index (Phi) is 3.85. The molecule has 0 saturated heterocycles. The molecular weight excluding hydrogens is 262 g/mol. The zero-order chi connectivity index (χ0) is 14.0. The molecule has 0 atom stereocenters. The van der Waals surface area contributed by atoms with Gasteiger partial charge in [-0.2, -0.15) is 0 Å². The van der Waals surface area contributed by atoms with E-state index in [2.05, 4.69) is 29.2 Å². The summed E-state index contributed by atoms with van der Waals surface area (Å²) < 4.78 is 1.69. The topological polar surface area (TPSA) is 69.1 Å². The summed E-state index contributed by atoms with van der Waals surface area (Å²) in [7, 11) is 1.62. The summed E-state index contributed by atoms with van der Waals surface area (Å²) in [5.74, 6) is 0.699. The second kappa shape index (κ2) is 5.40. The molecule has 2 aromatic rings. The summed E-state index contributed by atoms with van der Waals surface area (Å²) in [6.45, 7) is 4.21. The molecule has 0 aliphatic carbocycles. The third-order valence-corrected chi connectivity index (χ3v) is 3.09. The molecule has 0 saturated carbocycles. The zero-order valence-corrected chi connectivity index (χ0v) is 11.9. The van der Waals surface area contributed by atoms with E-state index in [-0.39, 0.29) is 0 Å². The van der Waals surface area contributed by atoms with Gasteiger partial charge in [-0.1, -0.05) is 30.7 Å². The molecular formula is C13H16ClN5. The van der Waals surface area contributed by atoms with Crippen molar-refractivity contribution < 1.29 is 0 Å². The lowest BCUT2D eigenvalue weighted by atomic mass is 10.0. The molecule has 19 heavy (non-hydrogen) atoms. The molecule has 0 fully saturated rings. The molecule has 5 nitrogen and oxygen atoms in total. The highest BCUT2D eigenvalue weighted by Gasteiger charge is 2.12. The first-order valence-corrected chi connectivity index (χ1v) is 6.35. The van der Waals surface area contributed by atoms with Crippen LogP contribution in [0.4, 0.5) is 0 Å². The number of nitrogens with two attached hydrogens (primary N) is 1. The molecule has 0 amide bonds. The second-order valence-electron chi connectivity index (χ2n) is 4.52. The van der Waals surface area contributed by atoms with Crippen molar-refractivity contribution in [3.05, 3.63) is 40.7 Å². The number of halogens is 1. The van der Waals surface area contributed by atoms with Crippen molar-refractivity contribution in [1.82, 2.24) is 15.0 Å². The van der Waals surface area contributed by atoms with E-state index in [1.807, 2.05) is 18.2 Å². The van der Waals surface area contributed by atoms with Gasteiger partial charge in [0.05, 0.1) is 11.9 Å². The maximum absolute atomic E-state index is 6.04. The summed E-state index contributed by atoms with van der Waals surface area (Å²) in [5, 5.41) is 8.81. The molecule has 0 aliphatic heterocycles. The second-order valence-corrected chi connectivity index (χ2v) is 4.95. The van der Waals surface area contributed by atoms with Gasteiger partial charge in [-0.3, -0.25) is 4.99 Å². The standard InChI is InChI=1S/C13H16ClN5/c1-8(2)10-6-9(14)4-5-12(10)19-7-11(17-18-19)13(15)16-3/h4-8H,1-3H3,(H2,15,16). The predicted octanol–water partition coefficient (Wildman–Crippen LogP) is 2.38. The minimum absolute atomic E-state index is 0.332. The van der Waals surface area contributed by atoms with Gasteiger partial charge in [-0.15, -0.1) is 5.10 Å². The summed E-state index contributed by atoms with van der Waals surface area (Å²) in [6, 6.07) is 5.71. The van der Waals surface area contributed by atoms with Crippen LogP contribution in [0.25, 0.3) is 5.69 Å². The van der Waals surface area contributed by atoms with Crippen molar-refractivity contribution in [2.75, 3.05) is 7.05 Å². The average Bonchev–Trinajstić information content (AvgIpc) is 2.87. The van der Waals surface area contributed by atoms with Crippen molar-refractivity contribution in [3.63, 3.8) is 0 Å². The largest absolute Gasteiger partial charge is 0.382 e. The van der Waals surface area contributed by atoms with Gasteiger partial charge >= 0.3 is 0 Å². The van der Waals surface area contributed by atoms with E-state index in [0.29, 0.717) is 22.5 Å². The van der Waals surface area contributed by atoms with Crippen LogP contribution in [0.5, 0.6) is 0 Å². The molecule has 1 heterocycles. The highest BCUT2D eigenvalue weighted by Crippen LogP contribution is 2.25. The Morgan fingerprint density at radius 3 is 2.79 bits per heavy atom. The van der Waals surface area contributed by atoms with E-state index in [4.69, 9.17) is 17.3 Å². The maximum atomic E-state index is 6.04. The van der Waals surface area contributed by atoms with Gasteiger partial charge in [0.15, 0.2) is 0 Å². The fourth-order valence-corrected chi connectivity index (χ4v) is 1.99. The molecule has 0 unspecified atom stereocenters. The lowest BCUT2D eigenvalue weighted by Crippen LogP contribution is -2.13. The number of aromatic nitrogens is 3. The molecule has 0 spiro atoms. The molecule has 1 aromatic carbocycles. The first-order chi connectivity index (χ1) is 9.02. The highest BCUT2D eigenvalue weighted by molar-refractivity contribution is 6.30. The number of aliphatic imine (C=N–C) groups is 1. The molecule has 1 aromatic heterocycles. The quantitative estimate of drug-likeness (QED) is 0.692. The zero-order valence-electron chi connectivity index (χ0n) is 11.1. The smallest absolute Gasteiger partial charge is 0.147 e. The van der Waals surface area contributed by atoms with Crippen LogP contribution in [-0.4, -0.2) is 27.9 Å². The Morgan fingerprint density at radius 1 is 1.42 bits per heavy atom. The van der Waals surface area contributed by atoms with Gasteiger partial charge < -0.3 is 5.73 Å². The number of nitrogens with zero attached hydrogens (tertiary/aromatic N) is 4. The number of rotatable bonds is 3. The molecule has 6 heteroatoms. The Labute approximate surface area is 117 Å². The van der Waals surface area contributed by atoms with E-state index in [9.17, 15) is 0 Å². The monoisotopic (exact) mass is 277 g/mol. The van der Waals surface area contributed by atoms with Crippen LogP contribution in [0, 0.1) is 0 Å².